The quantitative estimate of drug-likeness (QED) is 0.860. The number of anilines is 1. The van der Waals surface area contributed by atoms with E-state index >= 15 is 0 Å². The van der Waals surface area contributed by atoms with Gasteiger partial charge in [0.1, 0.15) is 10.8 Å². The summed E-state index contributed by atoms with van der Waals surface area (Å²) in [5, 5.41) is 5.43. The van der Waals surface area contributed by atoms with E-state index in [-0.39, 0.29) is 12.4 Å². The van der Waals surface area contributed by atoms with Gasteiger partial charge >= 0.3 is 5.97 Å². The van der Waals surface area contributed by atoms with Crippen molar-refractivity contribution in [3.8, 4) is 0 Å². The molecule has 0 radical (unpaired) electrons. The highest BCUT2D eigenvalue weighted by molar-refractivity contribution is 7.09. The zero-order valence-corrected chi connectivity index (χ0v) is 12.0. The van der Waals surface area contributed by atoms with Gasteiger partial charge in [0.15, 0.2) is 6.04 Å². The molecule has 1 N–H and O–H groups in total. The summed E-state index contributed by atoms with van der Waals surface area (Å²) in [7, 11) is 0. The molecule has 0 saturated carbocycles. The Hall–Kier alpha value is -1.95. The highest BCUT2D eigenvalue weighted by atomic mass is 32.1. The molecule has 0 aliphatic carbocycles. The van der Waals surface area contributed by atoms with Crippen molar-refractivity contribution >= 4 is 23.0 Å². The van der Waals surface area contributed by atoms with Crippen molar-refractivity contribution < 1.29 is 13.9 Å². The van der Waals surface area contributed by atoms with E-state index in [0.29, 0.717) is 10.7 Å². The molecule has 0 spiro atoms. The first-order valence-corrected chi connectivity index (χ1v) is 7.09. The smallest absolute Gasteiger partial charge is 0.335 e. The average molecular weight is 294 g/mol. The van der Waals surface area contributed by atoms with Gasteiger partial charge in [-0.1, -0.05) is 6.07 Å². The molecule has 1 aromatic heterocycles. The lowest BCUT2D eigenvalue weighted by Crippen LogP contribution is -2.23. The number of carbonyl (C=O) groups excluding carboxylic acids is 1. The van der Waals surface area contributed by atoms with Crippen molar-refractivity contribution in [2.24, 2.45) is 0 Å². The largest absolute Gasteiger partial charge is 0.464 e. The van der Waals surface area contributed by atoms with Crippen molar-refractivity contribution in [1.29, 1.82) is 0 Å². The zero-order chi connectivity index (χ0) is 14.5. The van der Waals surface area contributed by atoms with E-state index in [2.05, 4.69) is 10.3 Å². The topological polar surface area (TPSA) is 51.2 Å². The number of carbonyl (C=O) groups is 1. The van der Waals surface area contributed by atoms with Crippen molar-refractivity contribution in [3.05, 3.63) is 46.2 Å². The van der Waals surface area contributed by atoms with Crippen molar-refractivity contribution in [2.75, 3.05) is 11.9 Å². The number of benzene rings is 1. The third-order valence-corrected chi connectivity index (χ3v) is 3.57. The predicted molar refractivity (Wildman–Crippen MR) is 76.2 cm³/mol. The molecule has 0 amide bonds. The molecule has 1 unspecified atom stereocenters. The Morgan fingerprint density at radius 2 is 2.35 bits per heavy atom. The van der Waals surface area contributed by atoms with Gasteiger partial charge < -0.3 is 10.1 Å². The molecule has 0 bridgehead atoms. The highest BCUT2D eigenvalue weighted by Gasteiger charge is 2.25. The molecule has 2 rings (SSSR count). The molecule has 0 fully saturated rings. The van der Waals surface area contributed by atoms with Crippen molar-refractivity contribution in [2.45, 2.75) is 19.9 Å². The van der Waals surface area contributed by atoms with Crippen LogP contribution in [0.25, 0.3) is 0 Å². The van der Waals surface area contributed by atoms with Gasteiger partial charge in [-0.15, -0.1) is 11.3 Å². The minimum atomic E-state index is -0.726. The number of nitrogens with one attached hydrogen (secondary N) is 1. The number of esters is 1. The summed E-state index contributed by atoms with van der Waals surface area (Å²) in [5.41, 5.74) is 1.34. The number of thiazole rings is 1. The SMILES string of the molecule is CCOC(=O)C(Nc1cccc(F)c1)c1nc(C)cs1. The van der Waals surface area contributed by atoms with Gasteiger partial charge in [0.2, 0.25) is 0 Å². The van der Waals surface area contributed by atoms with E-state index in [1.807, 2.05) is 12.3 Å². The lowest BCUT2D eigenvalue weighted by atomic mass is 10.2. The van der Waals surface area contributed by atoms with Crippen LogP contribution in [0.4, 0.5) is 10.1 Å². The van der Waals surface area contributed by atoms with Crippen LogP contribution in [0.2, 0.25) is 0 Å². The van der Waals surface area contributed by atoms with E-state index < -0.39 is 12.0 Å². The number of aromatic nitrogens is 1. The fraction of sp³-hybridized carbons (Fsp3) is 0.286. The van der Waals surface area contributed by atoms with Crippen molar-refractivity contribution in [1.82, 2.24) is 4.98 Å². The Morgan fingerprint density at radius 3 is 2.95 bits per heavy atom. The fourth-order valence-electron chi connectivity index (χ4n) is 1.70. The highest BCUT2D eigenvalue weighted by Crippen LogP contribution is 2.24. The molecule has 2 aromatic rings. The summed E-state index contributed by atoms with van der Waals surface area (Å²) in [4.78, 5) is 16.3. The second-order valence-corrected chi connectivity index (χ2v) is 5.06. The molecule has 0 aliphatic heterocycles. The van der Waals surface area contributed by atoms with Gasteiger partial charge in [-0.3, -0.25) is 0 Å². The van der Waals surface area contributed by atoms with E-state index in [4.69, 9.17) is 4.74 Å². The third kappa shape index (κ3) is 3.54. The van der Waals surface area contributed by atoms with Gasteiger partial charge in [0.05, 0.1) is 6.61 Å². The average Bonchev–Trinajstić information content (AvgIpc) is 2.83. The first-order chi connectivity index (χ1) is 9.60. The molecule has 0 aliphatic rings. The first kappa shape index (κ1) is 14.5. The molecule has 106 valence electrons. The van der Waals surface area contributed by atoms with Crippen LogP contribution < -0.4 is 5.32 Å². The molecule has 20 heavy (non-hydrogen) atoms. The Morgan fingerprint density at radius 1 is 1.55 bits per heavy atom. The summed E-state index contributed by atoms with van der Waals surface area (Å²) in [6, 6.07) is 5.21. The van der Waals surface area contributed by atoms with E-state index in [1.54, 1.807) is 19.1 Å². The molecular weight excluding hydrogens is 279 g/mol. The van der Waals surface area contributed by atoms with Crippen LogP contribution in [0.15, 0.2) is 29.6 Å². The van der Waals surface area contributed by atoms with Crippen LogP contribution in [0.3, 0.4) is 0 Å². The van der Waals surface area contributed by atoms with Gasteiger partial charge in [-0.2, -0.15) is 0 Å². The van der Waals surface area contributed by atoms with Gasteiger partial charge in [-0.05, 0) is 32.0 Å². The van der Waals surface area contributed by atoms with Crippen LogP contribution in [-0.4, -0.2) is 17.6 Å². The Labute approximate surface area is 120 Å². The second-order valence-electron chi connectivity index (χ2n) is 4.17. The number of rotatable bonds is 5. The molecule has 4 nitrogen and oxygen atoms in total. The maximum atomic E-state index is 13.2. The third-order valence-electron chi connectivity index (χ3n) is 2.54. The molecule has 1 aromatic carbocycles. The number of halogens is 1. The molecule has 6 heteroatoms. The predicted octanol–water partition coefficient (Wildman–Crippen LogP) is 3.31. The fourth-order valence-corrected chi connectivity index (χ4v) is 2.53. The van der Waals surface area contributed by atoms with Gasteiger partial charge in [0.25, 0.3) is 0 Å². The van der Waals surface area contributed by atoms with Gasteiger partial charge in [0, 0.05) is 16.8 Å². The van der Waals surface area contributed by atoms with E-state index in [9.17, 15) is 9.18 Å². The monoisotopic (exact) mass is 294 g/mol. The summed E-state index contributed by atoms with van der Waals surface area (Å²) in [5.74, 6) is -0.793. The Bertz CT molecular complexity index is 600. The number of nitrogens with zero attached hydrogens (tertiary/aromatic N) is 1. The summed E-state index contributed by atoms with van der Waals surface area (Å²) >= 11 is 1.37. The van der Waals surface area contributed by atoms with Crippen LogP contribution in [-0.2, 0) is 9.53 Å². The maximum absolute atomic E-state index is 13.2. The Kier molecular flexibility index (Phi) is 4.68. The van der Waals surface area contributed by atoms with Crippen LogP contribution in [0.5, 0.6) is 0 Å². The zero-order valence-electron chi connectivity index (χ0n) is 11.2. The normalized spacial score (nSPS) is 11.9. The number of aryl methyl sites for hydroxylation is 1. The minimum Gasteiger partial charge on any atom is -0.464 e. The number of hydrogen-bond acceptors (Lipinski definition) is 5. The van der Waals surface area contributed by atoms with E-state index in [0.717, 1.165) is 5.69 Å². The summed E-state index contributed by atoms with van der Waals surface area (Å²) < 4.78 is 18.2. The molecule has 0 saturated heterocycles. The van der Waals surface area contributed by atoms with Crippen LogP contribution >= 0.6 is 11.3 Å². The molecule has 1 heterocycles. The number of hydrogen-bond donors (Lipinski definition) is 1. The lowest BCUT2D eigenvalue weighted by molar-refractivity contribution is -0.144. The van der Waals surface area contributed by atoms with Crippen LogP contribution in [0.1, 0.15) is 23.7 Å². The van der Waals surface area contributed by atoms with E-state index in [1.165, 1.54) is 23.5 Å². The first-order valence-electron chi connectivity index (χ1n) is 6.21. The summed E-state index contributed by atoms with van der Waals surface area (Å²) in [6.45, 7) is 3.87. The minimum absolute atomic E-state index is 0.282. The van der Waals surface area contributed by atoms with Crippen molar-refractivity contribution in [3.63, 3.8) is 0 Å². The maximum Gasteiger partial charge on any atom is 0.335 e. The summed E-state index contributed by atoms with van der Waals surface area (Å²) in [6.07, 6.45) is 0. The molecular formula is C14H15FN2O2S. The number of ether oxygens (including phenoxy) is 1. The van der Waals surface area contributed by atoms with Gasteiger partial charge in [-0.25, -0.2) is 14.2 Å². The second kappa shape index (κ2) is 6.47. The standard InChI is InChI=1S/C14H15FN2O2S/c1-3-19-14(18)12(13-16-9(2)8-20-13)17-11-6-4-5-10(15)7-11/h4-8,12,17H,3H2,1-2H3. The Balaban J connectivity index is 2.25. The lowest BCUT2D eigenvalue weighted by Gasteiger charge is -2.16. The molecule has 1 atom stereocenters. The van der Waals surface area contributed by atoms with Crippen LogP contribution in [0, 0.1) is 12.7 Å².